The van der Waals surface area contributed by atoms with Gasteiger partial charge in [-0.1, -0.05) is 12.1 Å². The van der Waals surface area contributed by atoms with Gasteiger partial charge in [-0.2, -0.15) is 17.5 Å². The van der Waals surface area contributed by atoms with Gasteiger partial charge in [-0.05, 0) is 66.8 Å². The Morgan fingerprint density at radius 3 is 2.35 bits per heavy atom. The first-order valence-corrected chi connectivity index (χ1v) is 13.0. The van der Waals surface area contributed by atoms with E-state index in [1.807, 2.05) is 13.8 Å². The molecule has 3 heterocycles. The average Bonchev–Trinajstić information content (AvgIpc) is 2.85. The Morgan fingerprint density at radius 1 is 1.08 bits per heavy atom. The lowest BCUT2D eigenvalue weighted by Crippen LogP contribution is -2.51. The number of rotatable bonds is 6. The zero-order valence-electron chi connectivity index (χ0n) is 20.2. The van der Waals surface area contributed by atoms with E-state index in [9.17, 15) is 31.8 Å². The summed E-state index contributed by atoms with van der Waals surface area (Å²) in [6.07, 6.45) is -2.98. The monoisotopic (exact) mass is 536 g/mol. The summed E-state index contributed by atoms with van der Waals surface area (Å²) in [4.78, 5) is 8.05. The van der Waals surface area contributed by atoms with Crippen molar-refractivity contribution in [1.82, 2.24) is 14.3 Å². The topological polar surface area (TPSA) is 116 Å². The largest absolute Gasteiger partial charge is 0.417 e. The minimum atomic E-state index is -4.50. The zero-order chi connectivity index (χ0) is 27.0. The molecule has 12 heteroatoms. The second-order valence-electron chi connectivity index (χ2n) is 8.97. The van der Waals surface area contributed by atoms with Crippen molar-refractivity contribution in [2.24, 2.45) is 0 Å². The van der Waals surface area contributed by atoms with Gasteiger partial charge in [0.15, 0.2) is 0 Å². The standard InChI is InChI=1S/C25H27F3N4O4S/c1-15-11-29-21(14-33)16(2)24(15)17-3-6-19(7-4-17)37(35,36)32-10-9-20(22(34)13-32)31-23-8-5-18(12-30-23)25(26,27)28/h3-8,11-12,20,22,33-34H,9-10,13-14H2,1-2H3,(H,30,31)/t20-,22+/m1/s1. The highest BCUT2D eigenvalue weighted by Gasteiger charge is 2.35. The molecule has 0 aliphatic carbocycles. The predicted molar refractivity (Wildman–Crippen MR) is 131 cm³/mol. The van der Waals surface area contributed by atoms with Crippen molar-refractivity contribution in [3.8, 4) is 11.1 Å². The molecule has 0 saturated carbocycles. The highest BCUT2D eigenvalue weighted by molar-refractivity contribution is 7.89. The van der Waals surface area contributed by atoms with Gasteiger partial charge in [-0.25, -0.2) is 13.4 Å². The van der Waals surface area contributed by atoms with Crippen LogP contribution in [0, 0.1) is 13.8 Å². The number of pyridine rings is 2. The lowest BCUT2D eigenvalue weighted by molar-refractivity contribution is -0.137. The third-order valence-electron chi connectivity index (χ3n) is 6.52. The van der Waals surface area contributed by atoms with Crippen molar-refractivity contribution in [2.45, 2.75) is 50.1 Å². The number of β-amino-alcohol motifs (C(OH)–C–C–N with tert-alkyl or cyclic N) is 1. The highest BCUT2D eigenvalue weighted by atomic mass is 32.2. The second kappa shape index (κ2) is 10.4. The number of nitrogens with zero attached hydrogens (tertiary/aromatic N) is 3. The van der Waals surface area contributed by atoms with Crippen LogP contribution in [0.3, 0.4) is 0 Å². The summed E-state index contributed by atoms with van der Waals surface area (Å²) < 4.78 is 65.9. The molecule has 1 saturated heterocycles. The maximum absolute atomic E-state index is 13.2. The molecule has 3 aromatic rings. The molecule has 0 radical (unpaired) electrons. The molecule has 37 heavy (non-hydrogen) atoms. The lowest BCUT2D eigenvalue weighted by Gasteiger charge is -2.35. The van der Waals surface area contributed by atoms with Gasteiger partial charge in [0.25, 0.3) is 0 Å². The van der Waals surface area contributed by atoms with E-state index < -0.39 is 33.9 Å². The number of halogens is 3. The second-order valence-corrected chi connectivity index (χ2v) is 10.9. The van der Waals surface area contributed by atoms with Gasteiger partial charge in [0, 0.05) is 25.5 Å². The predicted octanol–water partition coefficient (Wildman–Crippen LogP) is 3.51. The van der Waals surface area contributed by atoms with Gasteiger partial charge >= 0.3 is 6.18 Å². The number of aliphatic hydroxyl groups excluding tert-OH is 2. The molecule has 2 aromatic heterocycles. The molecule has 1 aromatic carbocycles. The van der Waals surface area contributed by atoms with E-state index in [0.29, 0.717) is 11.9 Å². The Labute approximate surface area is 212 Å². The third kappa shape index (κ3) is 5.61. The molecule has 1 fully saturated rings. The van der Waals surface area contributed by atoms with Crippen LogP contribution in [0.25, 0.3) is 11.1 Å². The molecule has 3 N–H and O–H groups in total. The Morgan fingerprint density at radius 2 is 1.78 bits per heavy atom. The average molecular weight is 537 g/mol. The van der Waals surface area contributed by atoms with Crippen LogP contribution in [0.2, 0.25) is 0 Å². The summed E-state index contributed by atoms with van der Waals surface area (Å²) in [5.74, 6) is 0.162. The molecule has 2 atom stereocenters. The van der Waals surface area contributed by atoms with Crippen molar-refractivity contribution >= 4 is 15.8 Å². The van der Waals surface area contributed by atoms with Gasteiger partial charge in [0.2, 0.25) is 10.0 Å². The number of aromatic nitrogens is 2. The first-order valence-electron chi connectivity index (χ1n) is 11.6. The minimum Gasteiger partial charge on any atom is -0.390 e. The minimum absolute atomic E-state index is 0.0750. The molecule has 1 aliphatic rings. The lowest BCUT2D eigenvalue weighted by atomic mass is 9.96. The van der Waals surface area contributed by atoms with Gasteiger partial charge in [-0.15, -0.1) is 0 Å². The Bertz CT molecular complexity index is 1360. The fourth-order valence-electron chi connectivity index (χ4n) is 4.45. The molecule has 0 spiro atoms. The number of benzene rings is 1. The van der Waals surface area contributed by atoms with Crippen LogP contribution in [-0.4, -0.2) is 58.1 Å². The van der Waals surface area contributed by atoms with Crippen LogP contribution in [-0.2, 0) is 22.8 Å². The van der Waals surface area contributed by atoms with Crippen LogP contribution in [0.4, 0.5) is 19.0 Å². The van der Waals surface area contributed by atoms with Crippen molar-refractivity contribution in [1.29, 1.82) is 0 Å². The molecule has 198 valence electrons. The molecule has 1 aliphatic heterocycles. The SMILES string of the molecule is Cc1cnc(CO)c(C)c1-c1ccc(S(=O)(=O)N2CC[C@@H](Nc3ccc(C(F)(F)F)cn3)[C@@H](O)C2)cc1. The summed E-state index contributed by atoms with van der Waals surface area (Å²) >= 11 is 0. The van der Waals surface area contributed by atoms with E-state index >= 15 is 0 Å². The Hall–Kier alpha value is -3.06. The van der Waals surface area contributed by atoms with Crippen molar-refractivity contribution in [3.05, 3.63) is 71.2 Å². The van der Waals surface area contributed by atoms with Gasteiger partial charge < -0.3 is 15.5 Å². The molecular formula is C25H27F3N4O4S. The Balaban J connectivity index is 1.46. The number of alkyl halides is 3. The third-order valence-corrected chi connectivity index (χ3v) is 8.39. The summed E-state index contributed by atoms with van der Waals surface area (Å²) in [6.45, 7) is 3.48. The van der Waals surface area contributed by atoms with Gasteiger partial charge in [0.05, 0.1) is 34.9 Å². The summed E-state index contributed by atoms with van der Waals surface area (Å²) in [6, 6.07) is 7.91. The number of hydrogen-bond donors (Lipinski definition) is 3. The van der Waals surface area contributed by atoms with Gasteiger partial charge in [-0.3, -0.25) is 4.98 Å². The van der Waals surface area contributed by atoms with Crippen LogP contribution in [0.1, 0.15) is 28.8 Å². The normalized spacial score (nSPS) is 19.1. The number of hydrogen-bond acceptors (Lipinski definition) is 7. The van der Waals surface area contributed by atoms with E-state index in [1.165, 1.54) is 22.5 Å². The quantitative estimate of drug-likeness (QED) is 0.442. The van der Waals surface area contributed by atoms with E-state index in [2.05, 4.69) is 15.3 Å². The Kier molecular flexibility index (Phi) is 7.56. The fraction of sp³-hybridized carbons (Fsp3) is 0.360. The molecule has 4 rings (SSSR count). The number of aryl methyl sites for hydroxylation is 1. The van der Waals surface area contributed by atoms with Crippen molar-refractivity contribution in [3.63, 3.8) is 0 Å². The van der Waals surface area contributed by atoms with E-state index in [1.54, 1.807) is 18.3 Å². The number of aliphatic hydroxyl groups is 2. The van der Waals surface area contributed by atoms with E-state index in [0.717, 1.165) is 28.3 Å². The van der Waals surface area contributed by atoms with Crippen LogP contribution < -0.4 is 5.32 Å². The van der Waals surface area contributed by atoms with E-state index in [4.69, 9.17) is 0 Å². The summed E-state index contributed by atoms with van der Waals surface area (Å²) in [5, 5.41) is 23.0. The van der Waals surface area contributed by atoms with Crippen LogP contribution in [0.5, 0.6) is 0 Å². The first kappa shape index (κ1) is 27.0. The highest BCUT2D eigenvalue weighted by Crippen LogP contribution is 2.31. The molecular weight excluding hydrogens is 509 g/mol. The number of anilines is 1. The van der Waals surface area contributed by atoms with E-state index in [-0.39, 0.29) is 36.8 Å². The fourth-order valence-corrected chi connectivity index (χ4v) is 5.92. The zero-order valence-corrected chi connectivity index (χ0v) is 21.0. The number of piperidine rings is 1. The smallest absolute Gasteiger partial charge is 0.390 e. The van der Waals surface area contributed by atoms with Crippen LogP contribution >= 0.6 is 0 Å². The van der Waals surface area contributed by atoms with Crippen molar-refractivity contribution in [2.75, 3.05) is 18.4 Å². The number of sulfonamides is 1. The maximum atomic E-state index is 13.2. The number of nitrogens with one attached hydrogen (secondary N) is 1. The molecule has 0 amide bonds. The molecule has 0 bridgehead atoms. The first-order chi connectivity index (χ1) is 17.4. The van der Waals surface area contributed by atoms with Gasteiger partial charge in [0.1, 0.15) is 5.82 Å². The molecule has 0 unspecified atom stereocenters. The maximum Gasteiger partial charge on any atom is 0.417 e. The summed E-state index contributed by atoms with van der Waals surface area (Å²) in [7, 11) is -3.89. The molecule has 8 nitrogen and oxygen atoms in total. The summed E-state index contributed by atoms with van der Waals surface area (Å²) in [5.41, 5.74) is 3.05. The van der Waals surface area contributed by atoms with Crippen LogP contribution in [0.15, 0.2) is 53.7 Å². The van der Waals surface area contributed by atoms with Crippen molar-refractivity contribution < 1.29 is 31.8 Å².